The molecule has 1 unspecified atom stereocenters. The number of hydrogen-bond donors (Lipinski definition) is 2. The third kappa shape index (κ3) is 7.61. The van der Waals surface area contributed by atoms with Crippen LogP contribution in [0.2, 0.25) is 0 Å². The number of nitrogens with one attached hydrogen (secondary N) is 1. The van der Waals surface area contributed by atoms with Crippen molar-refractivity contribution >= 4 is 18.3 Å². The van der Waals surface area contributed by atoms with E-state index in [0.717, 1.165) is 12.8 Å². The molecule has 0 radical (unpaired) electrons. The summed E-state index contributed by atoms with van der Waals surface area (Å²) in [5, 5.41) is 3.05. The minimum atomic E-state index is 0. The molecule has 1 atom stereocenters. The molecule has 4 heteroatoms. The van der Waals surface area contributed by atoms with Crippen molar-refractivity contribution in [1.82, 2.24) is 5.32 Å². The second kappa shape index (κ2) is 7.22. The minimum absolute atomic E-state index is 0. The van der Waals surface area contributed by atoms with Gasteiger partial charge in [-0.05, 0) is 37.0 Å². The van der Waals surface area contributed by atoms with Gasteiger partial charge in [-0.25, -0.2) is 0 Å². The summed E-state index contributed by atoms with van der Waals surface area (Å²) in [6.45, 7) is 7.20. The predicted molar refractivity (Wildman–Crippen MR) is 74.3 cm³/mol. The van der Waals surface area contributed by atoms with E-state index in [1.165, 1.54) is 12.8 Å². The predicted octanol–water partition coefficient (Wildman–Crippen LogP) is 2.48. The molecule has 0 aromatic carbocycles. The first-order valence-electron chi connectivity index (χ1n) is 6.42. The highest BCUT2D eigenvalue weighted by Gasteiger charge is 2.31. The molecule has 0 heterocycles. The van der Waals surface area contributed by atoms with E-state index in [4.69, 9.17) is 5.73 Å². The summed E-state index contributed by atoms with van der Waals surface area (Å²) >= 11 is 0. The van der Waals surface area contributed by atoms with Crippen molar-refractivity contribution in [3.63, 3.8) is 0 Å². The van der Waals surface area contributed by atoms with Crippen molar-refractivity contribution < 1.29 is 4.79 Å². The van der Waals surface area contributed by atoms with Gasteiger partial charge < -0.3 is 11.1 Å². The number of amides is 1. The Kier molecular flexibility index (Phi) is 7.10. The van der Waals surface area contributed by atoms with Gasteiger partial charge in [0.1, 0.15) is 0 Å². The van der Waals surface area contributed by atoms with E-state index in [-0.39, 0.29) is 24.4 Å². The first kappa shape index (κ1) is 16.7. The average Bonchev–Trinajstić information content (AvgIpc) is 2.95. The standard InChI is InChI=1S/C13H26N2O.ClH/c1-13(2,3)8-4-5-12(16)15-11(9-14)10-6-7-10;/h10-11H,4-9,14H2,1-3H3,(H,15,16);1H. The molecule has 0 saturated heterocycles. The van der Waals surface area contributed by atoms with Crippen molar-refractivity contribution in [2.45, 2.75) is 58.9 Å². The van der Waals surface area contributed by atoms with E-state index in [1.807, 2.05) is 0 Å². The number of nitrogens with two attached hydrogens (primary N) is 1. The van der Waals surface area contributed by atoms with Crippen molar-refractivity contribution in [1.29, 1.82) is 0 Å². The van der Waals surface area contributed by atoms with E-state index in [1.54, 1.807) is 0 Å². The Bertz CT molecular complexity index is 234. The molecule has 1 saturated carbocycles. The molecule has 1 aliphatic rings. The average molecular weight is 263 g/mol. The minimum Gasteiger partial charge on any atom is -0.352 e. The maximum Gasteiger partial charge on any atom is 0.220 e. The molecule has 3 nitrogen and oxygen atoms in total. The number of carbonyl (C=O) groups is 1. The van der Waals surface area contributed by atoms with E-state index >= 15 is 0 Å². The third-order valence-electron chi connectivity index (χ3n) is 3.12. The van der Waals surface area contributed by atoms with Gasteiger partial charge in [0.2, 0.25) is 5.91 Å². The van der Waals surface area contributed by atoms with Gasteiger partial charge in [0.25, 0.3) is 0 Å². The first-order valence-corrected chi connectivity index (χ1v) is 6.42. The molecule has 0 aliphatic heterocycles. The zero-order valence-corrected chi connectivity index (χ0v) is 12.1. The van der Waals surface area contributed by atoms with Crippen LogP contribution >= 0.6 is 12.4 Å². The van der Waals surface area contributed by atoms with Crippen molar-refractivity contribution in [3.05, 3.63) is 0 Å². The lowest BCUT2D eigenvalue weighted by Crippen LogP contribution is -2.41. The van der Waals surface area contributed by atoms with Crippen LogP contribution in [0.4, 0.5) is 0 Å². The molecule has 102 valence electrons. The summed E-state index contributed by atoms with van der Waals surface area (Å²) in [7, 11) is 0. The van der Waals surface area contributed by atoms with Crippen molar-refractivity contribution in [3.8, 4) is 0 Å². The number of carbonyl (C=O) groups excluding carboxylic acids is 1. The topological polar surface area (TPSA) is 55.1 Å². The van der Waals surface area contributed by atoms with Gasteiger partial charge in [-0.15, -0.1) is 12.4 Å². The Labute approximate surface area is 111 Å². The van der Waals surface area contributed by atoms with Crippen LogP contribution in [0.3, 0.4) is 0 Å². The summed E-state index contributed by atoms with van der Waals surface area (Å²) < 4.78 is 0. The SMILES string of the molecule is CC(C)(C)CCCC(=O)NC(CN)C1CC1.Cl. The van der Waals surface area contributed by atoms with E-state index in [2.05, 4.69) is 26.1 Å². The van der Waals surface area contributed by atoms with E-state index < -0.39 is 0 Å². The molecule has 1 fully saturated rings. The quantitative estimate of drug-likeness (QED) is 0.773. The molecule has 0 bridgehead atoms. The van der Waals surface area contributed by atoms with Gasteiger partial charge in [0.05, 0.1) is 0 Å². The highest BCUT2D eigenvalue weighted by atomic mass is 35.5. The fraction of sp³-hybridized carbons (Fsp3) is 0.923. The molecule has 3 N–H and O–H groups in total. The second-order valence-electron chi connectivity index (χ2n) is 6.16. The van der Waals surface area contributed by atoms with Gasteiger partial charge in [-0.2, -0.15) is 0 Å². The maximum atomic E-state index is 11.7. The number of rotatable bonds is 6. The van der Waals surface area contributed by atoms with Gasteiger partial charge >= 0.3 is 0 Å². The summed E-state index contributed by atoms with van der Waals surface area (Å²) in [5.74, 6) is 0.822. The lowest BCUT2D eigenvalue weighted by atomic mass is 9.90. The van der Waals surface area contributed by atoms with Crippen LogP contribution in [-0.4, -0.2) is 18.5 Å². The van der Waals surface area contributed by atoms with Crippen LogP contribution in [0.15, 0.2) is 0 Å². The normalized spacial score (nSPS) is 17.2. The van der Waals surface area contributed by atoms with E-state index in [0.29, 0.717) is 24.3 Å². The molecule has 17 heavy (non-hydrogen) atoms. The van der Waals surface area contributed by atoms with Gasteiger partial charge in [-0.1, -0.05) is 20.8 Å². The molecular weight excluding hydrogens is 236 g/mol. The molecule has 1 aliphatic carbocycles. The summed E-state index contributed by atoms with van der Waals surface area (Å²) in [5.41, 5.74) is 5.97. The van der Waals surface area contributed by atoms with E-state index in [9.17, 15) is 4.79 Å². The van der Waals surface area contributed by atoms with Crippen molar-refractivity contribution in [2.24, 2.45) is 17.1 Å². The van der Waals surface area contributed by atoms with Crippen LogP contribution in [0.1, 0.15) is 52.9 Å². The zero-order valence-electron chi connectivity index (χ0n) is 11.3. The van der Waals surface area contributed by atoms with Crippen LogP contribution < -0.4 is 11.1 Å². The van der Waals surface area contributed by atoms with Crippen LogP contribution in [0.25, 0.3) is 0 Å². The largest absolute Gasteiger partial charge is 0.352 e. The summed E-state index contributed by atoms with van der Waals surface area (Å²) in [4.78, 5) is 11.7. The first-order chi connectivity index (χ1) is 7.42. The lowest BCUT2D eigenvalue weighted by molar-refractivity contribution is -0.122. The smallest absolute Gasteiger partial charge is 0.220 e. The highest BCUT2D eigenvalue weighted by Crippen LogP contribution is 2.32. The zero-order chi connectivity index (χ0) is 12.2. The maximum absolute atomic E-state index is 11.7. The van der Waals surface area contributed by atoms with Crippen LogP contribution in [0, 0.1) is 11.3 Å². The number of hydrogen-bond acceptors (Lipinski definition) is 2. The Balaban J connectivity index is 0.00000256. The van der Waals surface area contributed by atoms with Crippen molar-refractivity contribution in [2.75, 3.05) is 6.54 Å². The molecular formula is C13H27ClN2O. The fourth-order valence-electron chi connectivity index (χ4n) is 1.93. The van der Waals surface area contributed by atoms with Gasteiger partial charge in [0.15, 0.2) is 0 Å². The monoisotopic (exact) mass is 262 g/mol. The molecule has 1 rings (SSSR count). The molecule has 0 aromatic heterocycles. The van der Waals surface area contributed by atoms with Gasteiger partial charge in [0, 0.05) is 19.0 Å². The summed E-state index contributed by atoms with van der Waals surface area (Å²) in [6.07, 6.45) is 5.16. The lowest BCUT2D eigenvalue weighted by Gasteiger charge is -2.19. The van der Waals surface area contributed by atoms with Crippen LogP contribution in [0.5, 0.6) is 0 Å². The molecule has 0 aromatic rings. The Morgan fingerprint density at radius 2 is 2.00 bits per heavy atom. The molecule has 0 spiro atoms. The number of halogens is 1. The van der Waals surface area contributed by atoms with Gasteiger partial charge in [-0.3, -0.25) is 4.79 Å². The highest BCUT2D eigenvalue weighted by molar-refractivity contribution is 5.85. The third-order valence-corrected chi connectivity index (χ3v) is 3.12. The Hall–Kier alpha value is -0.280. The Morgan fingerprint density at radius 1 is 1.41 bits per heavy atom. The fourth-order valence-corrected chi connectivity index (χ4v) is 1.93. The van der Waals surface area contributed by atoms with Crippen LogP contribution in [-0.2, 0) is 4.79 Å². The Morgan fingerprint density at radius 3 is 2.41 bits per heavy atom. The summed E-state index contributed by atoms with van der Waals surface area (Å²) in [6, 6.07) is 0.224. The second-order valence-corrected chi connectivity index (χ2v) is 6.16. The molecule has 1 amide bonds.